The molecule has 1 N–H and O–H groups in total. The van der Waals surface area contributed by atoms with Gasteiger partial charge >= 0.3 is 0 Å². The number of nitro groups is 1. The third-order valence-electron chi connectivity index (χ3n) is 4.67. The Balaban J connectivity index is 1.36. The van der Waals surface area contributed by atoms with Crippen LogP contribution in [0.2, 0.25) is 0 Å². The molecule has 2 aromatic carbocycles. The normalized spacial score (nSPS) is 16.8. The predicted molar refractivity (Wildman–Crippen MR) is 103 cm³/mol. The highest BCUT2D eigenvalue weighted by Crippen LogP contribution is 2.17. The number of hydrogen-bond donors (Lipinski definition) is 1. The van der Waals surface area contributed by atoms with Crippen LogP contribution in [-0.4, -0.2) is 65.3 Å². The van der Waals surface area contributed by atoms with E-state index in [2.05, 4.69) is 34.1 Å². The fourth-order valence-electron chi connectivity index (χ4n) is 3.18. The largest absolute Gasteiger partial charge is 0.491 e. The summed E-state index contributed by atoms with van der Waals surface area (Å²) < 4.78 is 5.53. The van der Waals surface area contributed by atoms with E-state index in [-0.39, 0.29) is 12.3 Å². The van der Waals surface area contributed by atoms with Crippen LogP contribution in [0.3, 0.4) is 0 Å². The van der Waals surface area contributed by atoms with E-state index in [0.29, 0.717) is 12.3 Å². The fraction of sp³-hybridized carbons (Fsp3) is 0.400. The lowest BCUT2D eigenvalue weighted by Gasteiger charge is -2.35. The molecule has 1 aliphatic rings. The number of hydrogen-bond acceptors (Lipinski definition) is 6. The smallest absolute Gasteiger partial charge is 0.269 e. The van der Waals surface area contributed by atoms with Gasteiger partial charge in [-0.15, -0.1) is 0 Å². The zero-order chi connectivity index (χ0) is 19.1. The van der Waals surface area contributed by atoms with Gasteiger partial charge in [0.1, 0.15) is 18.5 Å². The SMILES string of the molecule is O=[N+]([O-])c1ccc(OC[C@H](O)CN2CCN(Cc3ccccc3)CC2)cc1. The quantitative estimate of drug-likeness (QED) is 0.566. The Kier molecular flexibility index (Phi) is 6.75. The monoisotopic (exact) mass is 371 g/mol. The minimum atomic E-state index is -0.596. The topological polar surface area (TPSA) is 79.1 Å². The van der Waals surface area contributed by atoms with Crippen LogP contribution in [0.1, 0.15) is 5.56 Å². The Bertz CT molecular complexity index is 716. The Labute approximate surface area is 158 Å². The van der Waals surface area contributed by atoms with Gasteiger partial charge in [0.25, 0.3) is 5.69 Å². The molecule has 1 saturated heterocycles. The predicted octanol–water partition coefficient (Wildman–Crippen LogP) is 2.15. The molecular formula is C20H25N3O4. The lowest BCUT2D eigenvalue weighted by atomic mass is 10.2. The average molecular weight is 371 g/mol. The molecular weight excluding hydrogens is 346 g/mol. The van der Waals surface area contributed by atoms with Crippen LogP contribution < -0.4 is 4.74 Å². The molecule has 1 atom stereocenters. The van der Waals surface area contributed by atoms with Crippen molar-refractivity contribution >= 4 is 5.69 Å². The van der Waals surface area contributed by atoms with Crippen LogP contribution in [0.4, 0.5) is 5.69 Å². The molecule has 144 valence electrons. The summed E-state index contributed by atoms with van der Waals surface area (Å²) in [5.41, 5.74) is 1.35. The highest BCUT2D eigenvalue weighted by molar-refractivity contribution is 5.35. The van der Waals surface area contributed by atoms with E-state index in [1.807, 2.05) is 6.07 Å². The number of non-ortho nitro benzene ring substituents is 1. The third kappa shape index (κ3) is 6.02. The molecule has 1 fully saturated rings. The van der Waals surface area contributed by atoms with E-state index in [4.69, 9.17) is 4.74 Å². The third-order valence-corrected chi connectivity index (χ3v) is 4.67. The molecule has 0 aliphatic carbocycles. The molecule has 3 rings (SSSR count). The van der Waals surface area contributed by atoms with E-state index in [9.17, 15) is 15.2 Å². The molecule has 1 aliphatic heterocycles. The van der Waals surface area contributed by atoms with Crippen LogP contribution in [0.15, 0.2) is 54.6 Å². The zero-order valence-electron chi connectivity index (χ0n) is 15.2. The van der Waals surface area contributed by atoms with Gasteiger partial charge in [-0.3, -0.25) is 19.9 Å². The van der Waals surface area contributed by atoms with Crippen LogP contribution >= 0.6 is 0 Å². The summed E-state index contributed by atoms with van der Waals surface area (Å²) in [7, 11) is 0. The summed E-state index contributed by atoms with van der Waals surface area (Å²) >= 11 is 0. The number of aliphatic hydroxyl groups is 1. The number of nitro benzene ring substituents is 1. The molecule has 0 saturated carbocycles. The summed E-state index contributed by atoms with van der Waals surface area (Å²) in [4.78, 5) is 14.9. The molecule has 1 heterocycles. The van der Waals surface area contributed by atoms with Crippen LogP contribution in [-0.2, 0) is 6.54 Å². The van der Waals surface area contributed by atoms with Crippen molar-refractivity contribution in [3.05, 3.63) is 70.3 Å². The lowest BCUT2D eigenvalue weighted by Crippen LogP contribution is -2.48. The van der Waals surface area contributed by atoms with Crippen LogP contribution in [0.5, 0.6) is 5.75 Å². The van der Waals surface area contributed by atoms with Crippen molar-refractivity contribution in [1.29, 1.82) is 0 Å². The molecule has 27 heavy (non-hydrogen) atoms. The number of nitrogens with zero attached hydrogens (tertiary/aromatic N) is 3. The minimum absolute atomic E-state index is 0.0243. The van der Waals surface area contributed by atoms with Gasteiger partial charge in [-0.2, -0.15) is 0 Å². The van der Waals surface area contributed by atoms with Gasteiger partial charge in [-0.25, -0.2) is 0 Å². The molecule has 0 bridgehead atoms. The maximum atomic E-state index is 10.6. The summed E-state index contributed by atoms with van der Waals surface area (Å²) in [6.07, 6.45) is -0.596. The highest BCUT2D eigenvalue weighted by atomic mass is 16.6. The summed E-state index contributed by atoms with van der Waals surface area (Å²) in [5.74, 6) is 0.521. The molecule has 0 spiro atoms. The van der Waals surface area contributed by atoms with Gasteiger partial charge in [0.2, 0.25) is 0 Å². The molecule has 7 nitrogen and oxygen atoms in total. The highest BCUT2D eigenvalue weighted by Gasteiger charge is 2.19. The van der Waals surface area contributed by atoms with Gasteiger partial charge in [0, 0.05) is 51.4 Å². The van der Waals surface area contributed by atoms with Gasteiger partial charge in [-0.05, 0) is 17.7 Å². The average Bonchev–Trinajstić information content (AvgIpc) is 2.69. The zero-order valence-corrected chi connectivity index (χ0v) is 15.2. The number of aliphatic hydroxyl groups excluding tert-OH is 1. The second kappa shape index (κ2) is 9.45. The first kappa shape index (κ1) is 19.3. The molecule has 0 aromatic heterocycles. The van der Waals surface area contributed by atoms with Crippen molar-refractivity contribution in [3.63, 3.8) is 0 Å². The van der Waals surface area contributed by atoms with Crippen molar-refractivity contribution in [2.75, 3.05) is 39.3 Å². The van der Waals surface area contributed by atoms with Crippen LogP contribution in [0.25, 0.3) is 0 Å². The van der Waals surface area contributed by atoms with E-state index < -0.39 is 11.0 Å². The van der Waals surface area contributed by atoms with Crippen LogP contribution in [0, 0.1) is 10.1 Å². The first-order valence-corrected chi connectivity index (χ1v) is 9.14. The lowest BCUT2D eigenvalue weighted by molar-refractivity contribution is -0.384. The second-order valence-electron chi connectivity index (χ2n) is 6.78. The number of ether oxygens (including phenoxy) is 1. The van der Waals surface area contributed by atoms with Crippen molar-refractivity contribution in [2.45, 2.75) is 12.6 Å². The standard InChI is InChI=1S/C20H25N3O4/c24-19(16-27-20-8-6-18(7-9-20)23(25)26)15-22-12-10-21(11-13-22)14-17-4-2-1-3-5-17/h1-9,19,24H,10-16H2/t19-/m1/s1. The Morgan fingerprint density at radius 3 is 2.26 bits per heavy atom. The molecule has 0 amide bonds. The van der Waals surface area contributed by atoms with E-state index in [0.717, 1.165) is 32.7 Å². The van der Waals surface area contributed by atoms with Crippen molar-refractivity contribution in [1.82, 2.24) is 9.80 Å². The van der Waals surface area contributed by atoms with Gasteiger partial charge in [0.15, 0.2) is 0 Å². The fourth-order valence-corrected chi connectivity index (χ4v) is 3.18. The second-order valence-corrected chi connectivity index (χ2v) is 6.78. The molecule has 7 heteroatoms. The van der Waals surface area contributed by atoms with Gasteiger partial charge in [0.05, 0.1) is 4.92 Å². The van der Waals surface area contributed by atoms with E-state index in [1.54, 1.807) is 12.1 Å². The Morgan fingerprint density at radius 2 is 1.63 bits per heavy atom. The number of benzene rings is 2. The van der Waals surface area contributed by atoms with Crippen molar-refractivity contribution in [2.24, 2.45) is 0 Å². The molecule has 2 aromatic rings. The van der Waals surface area contributed by atoms with Crippen molar-refractivity contribution < 1.29 is 14.8 Å². The minimum Gasteiger partial charge on any atom is -0.491 e. The van der Waals surface area contributed by atoms with Crippen molar-refractivity contribution in [3.8, 4) is 5.75 Å². The Hall–Kier alpha value is -2.48. The number of piperazine rings is 1. The van der Waals surface area contributed by atoms with Gasteiger partial charge in [-0.1, -0.05) is 30.3 Å². The van der Waals surface area contributed by atoms with E-state index >= 15 is 0 Å². The van der Waals surface area contributed by atoms with E-state index in [1.165, 1.54) is 17.7 Å². The van der Waals surface area contributed by atoms with Gasteiger partial charge < -0.3 is 9.84 Å². The molecule has 0 radical (unpaired) electrons. The first-order valence-electron chi connectivity index (χ1n) is 9.14. The first-order chi connectivity index (χ1) is 13.1. The summed E-state index contributed by atoms with van der Waals surface area (Å²) in [6, 6.07) is 16.3. The maximum absolute atomic E-state index is 10.6. The maximum Gasteiger partial charge on any atom is 0.269 e. The molecule has 0 unspecified atom stereocenters. The number of rotatable bonds is 8. The Morgan fingerprint density at radius 1 is 1.00 bits per heavy atom. The summed E-state index contributed by atoms with van der Waals surface area (Å²) in [6.45, 7) is 5.48. The summed E-state index contributed by atoms with van der Waals surface area (Å²) in [5, 5.41) is 20.9. The number of β-amino-alcohol motifs (C(OH)–C–C–N with tert-alkyl or cyclic N) is 1.